The Labute approximate surface area is 120 Å². The lowest BCUT2D eigenvalue weighted by Crippen LogP contribution is -2.25. The van der Waals surface area contributed by atoms with Crippen LogP contribution in [0.25, 0.3) is 0 Å². The van der Waals surface area contributed by atoms with Gasteiger partial charge in [-0.15, -0.1) is 11.3 Å². The Morgan fingerprint density at radius 3 is 2.65 bits per heavy atom. The summed E-state index contributed by atoms with van der Waals surface area (Å²) >= 11 is 1.53. The smallest absolute Gasteiger partial charge is 0.251 e. The first-order chi connectivity index (χ1) is 9.70. The van der Waals surface area contributed by atoms with Gasteiger partial charge in [0.25, 0.3) is 5.91 Å². The van der Waals surface area contributed by atoms with Gasteiger partial charge in [-0.25, -0.2) is 4.98 Å². The monoisotopic (exact) mass is 290 g/mol. The van der Waals surface area contributed by atoms with Crippen LogP contribution in [0.3, 0.4) is 0 Å². The number of rotatable bonds is 5. The molecule has 1 aromatic carbocycles. The molecule has 0 spiro atoms. The summed E-state index contributed by atoms with van der Waals surface area (Å²) in [5, 5.41) is 16.2. The molecule has 0 aliphatic heterocycles. The zero-order valence-corrected chi connectivity index (χ0v) is 11.4. The molecule has 1 aromatic heterocycles. The summed E-state index contributed by atoms with van der Waals surface area (Å²) in [5.74, 6) is -0.147. The minimum absolute atomic E-state index is 0.0143. The second kappa shape index (κ2) is 6.67. The number of amidine groups is 1. The Bertz CT molecular complexity index is 593. The molecule has 7 heteroatoms. The van der Waals surface area contributed by atoms with E-state index in [-0.39, 0.29) is 11.7 Å². The van der Waals surface area contributed by atoms with Gasteiger partial charge in [-0.3, -0.25) is 4.79 Å². The Hall–Kier alpha value is -2.41. The molecule has 2 aromatic rings. The second-order valence-electron chi connectivity index (χ2n) is 4.05. The third-order valence-corrected chi connectivity index (χ3v) is 3.34. The van der Waals surface area contributed by atoms with Gasteiger partial charge in [0.1, 0.15) is 0 Å². The van der Waals surface area contributed by atoms with Gasteiger partial charge in [0.15, 0.2) is 5.84 Å². The normalized spacial score (nSPS) is 11.3. The summed E-state index contributed by atoms with van der Waals surface area (Å²) in [4.78, 5) is 16.0. The molecule has 4 N–H and O–H groups in total. The predicted octanol–water partition coefficient (Wildman–Crippen LogP) is 1.21. The molecule has 0 aliphatic carbocycles. The average Bonchev–Trinajstić information content (AvgIpc) is 2.99. The van der Waals surface area contributed by atoms with Crippen LogP contribution in [0.2, 0.25) is 0 Å². The van der Waals surface area contributed by atoms with Crippen molar-refractivity contribution in [2.24, 2.45) is 10.9 Å². The zero-order chi connectivity index (χ0) is 14.4. The Balaban J connectivity index is 1.89. The highest BCUT2D eigenvalue weighted by Crippen LogP contribution is 2.05. The van der Waals surface area contributed by atoms with Crippen molar-refractivity contribution in [1.82, 2.24) is 10.3 Å². The first-order valence-electron chi connectivity index (χ1n) is 5.94. The van der Waals surface area contributed by atoms with Crippen molar-refractivity contribution in [2.45, 2.75) is 6.42 Å². The van der Waals surface area contributed by atoms with Crippen LogP contribution in [0.1, 0.15) is 21.6 Å². The first kappa shape index (κ1) is 14.0. The van der Waals surface area contributed by atoms with Crippen molar-refractivity contribution in [2.75, 3.05) is 6.54 Å². The number of hydrogen-bond donors (Lipinski definition) is 3. The Kier molecular flexibility index (Phi) is 4.67. The number of carbonyl (C=O) groups is 1. The highest BCUT2D eigenvalue weighted by molar-refractivity contribution is 7.07. The van der Waals surface area contributed by atoms with Gasteiger partial charge in [-0.05, 0) is 12.1 Å². The summed E-state index contributed by atoms with van der Waals surface area (Å²) < 4.78 is 0. The molecule has 0 fully saturated rings. The number of carbonyl (C=O) groups excluding carboxylic acids is 1. The molecule has 0 radical (unpaired) electrons. The second-order valence-corrected chi connectivity index (χ2v) is 4.77. The van der Waals surface area contributed by atoms with E-state index in [1.54, 1.807) is 29.8 Å². The fourth-order valence-corrected chi connectivity index (χ4v) is 2.21. The first-order valence-corrected chi connectivity index (χ1v) is 6.88. The topological polar surface area (TPSA) is 101 Å². The van der Waals surface area contributed by atoms with Crippen LogP contribution in [0.4, 0.5) is 0 Å². The Morgan fingerprint density at radius 1 is 1.35 bits per heavy atom. The molecule has 0 bridgehead atoms. The predicted molar refractivity (Wildman–Crippen MR) is 77.1 cm³/mol. The van der Waals surface area contributed by atoms with Gasteiger partial charge >= 0.3 is 0 Å². The quantitative estimate of drug-likeness (QED) is 0.333. The maximum Gasteiger partial charge on any atom is 0.251 e. The number of amides is 1. The number of thiazole rings is 1. The largest absolute Gasteiger partial charge is 0.409 e. The third-order valence-electron chi connectivity index (χ3n) is 2.70. The van der Waals surface area contributed by atoms with Gasteiger partial charge in [-0.2, -0.15) is 0 Å². The molecule has 0 saturated heterocycles. The van der Waals surface area contributed by atoms with Crippen molar-refractivity contribution in [3.63, 3.8) is 0 Å². The lowest BCUT2D eigenvalue weighted by molar-refractivity contribution is 0.0954. The van der Waals surface area contributed by atoms with Gasteiger partial charge in [0, 0.05) is 29.5 Å². The Morgan fingerprint density at radius 2 is 2.05 bits per heavy atom. The van der Waals surface area contributed by atoms with Crippen LogP contribution in [-0.2, 0) is 6.42 Å². The third kappa shape index (κ3) is 3.55. The number of aromatic nitrogens is 1. The molecule has 1 amide bonds. The average molecular weight is 290 g/mol. The van der Waals surface area contributed by atoms with E-state index in [1.807, 2.05) is 5.38 Å². The number of benzene rings is 1. The molecule has 0 aliphatic rings. The number of nitrogens with two attached hydrogens (primary N) is 1. The summed E-state index contributed by atoms with van der Waals surface area (Å²) in [6.45, 7) is 0.532. The standard InChI is InChI=1S/C13H14N4O2S/c14-12(17-19)9-1-3-10(4-2-9)13(18)15-6-5-11-7-20-8-16-11/h1-4,7-8,19H,5-6H2,(H2,14,17)(H,15,18). The minimum atomic E-state index is -0.161. The lowest BCUT2D eigenvalue weighted by atomic mass is 10.1. The maximum absolute atomic E-state index is 11.9. The van der Waals surface area contributed by atoms with Crippen molar-refractivity contribution < 1.29 is 10.0 Å². The van der Waals surface area contributed by atoms with E-state index in [4.69, 9.17) is 10.9 Å². The molecule has 6 nitrogen and oxygen atoms in total. The molecular weight excluding hydrogens is 276 g/mol. The van der Waals surface area contributed by atoms with Crippen LogP contribution in [0.15, 0.2) is 40.3 Å². The van der Waals surface area contributed by atoms with Crippen molar-refractivity contribution in [3.05, 3.63) is 52.0 Å². The van der Waals surface area contributed by atoms with E-state index in [0.717, 1.165) is 5.69 Å². The minimum Gasteiger partial charge on any atom is -0.409 e. The summed E-state index contributed by atoms with van der Waals surface area (Å²) in [6.07, 6.45) is 0.706. The number of oxime groups is 1. The van der Waals surface area contributed by atoms with E-state index in [2.05, 4.69) is 15.5 Å². The van der Waals surface area contributed by atoms with Crippen LogP contribution in [0, 0.1) is 0 Å². The van der Waals surface area contributed by atoms with Crippen LogP contribution >= 0.6 is 11.3 Å². The van der Waals surface area contributed by atoms with Crippen LogP contribution < -0.4 is 11.1 Å². The molecular formula is C13H14N4O2S. The van der Waals surface area contributed by atoms with Crippen LogP contribution in [0.5, 0.6) is 0 Å². The molecule has 104 valence electrons. The molecule has 2 rings (SSSR count). The molecule has 0 saturated carbocycles. The van der Waals surface area contributed by atoms with Crippen molar-refractivity contribution in [3.8, 4) is 0 Å². The van der Waals surface area contributed by atoms with Crippen molar-refractivity contribution >= 4 is 23.1 Å². The SMILES string of the molecule is NC(=NO)c1ccc(C(=O)NCCc2cscn2)cc1. The van der Waals surface area contributed by atoms with E-state index in [0.29, 0.717) is 24.1 Å². The summed E-state index contributed by atoms with van der Waals surface area (Å²) in [5.41, 5.74) is 9.27. The number of nitrogens with one attached hydrogen (secondary N) is 1. The molecule has 1 heterocycles. The zero-order valence-electron chi connectivity index (χ0n) is 10.6. The molecule has 20 heavy (non-hydrogen) atoms. The van der Waals surface area contributed by atoms with Crippen LogP contribution in [-0.4, -0.2) is 28.5 Å². The summed E-state index contributed by atoms with van der Waals surface area (Å²) in [7, 11) is 0. The van der Waals surface area contributed by atoms with E-state index in [1.165, 1.54) is 11.3 Å². The van der Waals surface area contributed by atoms with Crippen molar-refractivity contribution in [1.29, 1.82) is 0 Å². The van der Waals surface area contributed by atoms with Gasteiger partial charge in [-0.1, -0.05) is 17.3 Å². The summed E-state index contributed by atoms with van der Waals surface area (Å²) in [6, 6.07) is 6.52. The molecule has 0 atom stereocenters. The number of hydrogen-bond acceptors (Lipinski definition) is 5. The number of nitrogens with zero attached hydrogens (tertiary/aromatic N) is 2. The van der Waals surface area contributed by atoms with E-state index in [9.17, 15) is 4.79 Å². The van der Waals surface area contributed by atoms with E-state index >= 15 is 0 Å². The highest BCUT2D eigenvalue weighted by atomic mass is 32.1. The van der Waals surface area contributed by atoms with Gasteiger partial charge in [0.05, 0.1) is 11.2 Å². The van der Waals surface area contributed by atoms with Gasteiger partial charge < -0.3 is 16.3 Å². The van der Waals surface area contributed by atoms with E-state index < -0.39 is 0 Å². The fourth-order valence-electron chi connectivity index (χ4n) is 1.62. The maximum atomic E-state index is 11.9. The fraction of sp³-hybridized carbons (Fsp3) is 0.154. The lowest BCUT2D eigenvalue weighted by Gasteiger charge is -2.05. The van der Waals surface area contributed by atoms with Gasteiger partial charge in [0.2, 0.25) is 0 Å². The molecule has 0 unspecified atom stereocenters. The highest BCUT2D eigenvalue weighted by Gasteiger charge is 2.06.